The molecule has 24 heavy (non-hydrogen) atoms. The number of ether oxygens (including phenoxy) is 1. The van der Waals surface area contributed by atoms with Crippen LogP contribution in [0.25, 0.3) is 11.3 Å². The third kappa shape index (κ3) is 3.65. The first-order valence-corrected chi connectivity index (χ1v) is 8.31. The standard InChI is InChI=1S/C18H16BrN3O2/c1-2-24-13-9-7-12(8-10-13)16-11-17(22-21-16)18(23)20-15-6-4-3-5-14(15)19/h3-11H,2H2,1H3,(H,20,23)(H,21,22). The van der Waals surface area contributed by atoms with E-state index in [0.29, 0.717) is 23.7 Å². The molecule has 1 amide bonds. The first kappa shape index (κ1) is 16.3. The number of hydrogen-bond acceptors (Lipinski definition) is 3. The third-order valence-electron chi connectivity index (χ3n) is 3.41. The highest BCUT2D eigenvalue weighted by Gasteiger charge is 2.12. The number of aromatic amines is 1. The van der Waals surface area contributed by atoms with Gasteiger partial charge in [-0.1, -0.05) is 12.1 Å². The molecule has 2 N–H and O–H groups in total. The molecular formula is C18H16BrN3O2. The number of benzene rings is 2. The maximum Gasteiger partial charge on any atom is 0.273 e. The monoisotopic (exact) mass is 385 g/mol. The molecule has 0 radical (unpaired) electrons. The van der Waals surface area contributed by atoms with Crippen LogP contribution in [0, 0.1) is 0 Å². The summed E-state index contributed by atoms with van der Waals surface area (Å²) in [7, 11) is 0. The van der Waals surface area contributed by atoms with Gasteiger partial charge in [-0.2, -0.15) is 5.10 Å². The van der Waals surface area contributed by atoms with Crippen LogP contribution in [0.3, 0.4) is 0 Å². The van der Waals surface area contributed by atoms with Gasteiger partial charge in [0, 0.05) is 10.0 Å². The zero-order valence-electron chi connectivity index (χ0n) is 13.0. The van der Waals surface area contributed by atoms with E-state index in [0.717, 1.165) is 15.8 Å². The fourth-order valence-corrected chi connectivity index (χ4v) is 2.61. The summed E-state index contributed by atoms with van der Waals surface area (Å²) in [4.78, 5) is 12.3. The third-order valence-corrected chi connectivity index (χ3v) is 4.10. The Bertz CT molecular complexity index is 843. The zero-order valence-corrected chi connectivity index (χ0v) is 14.6. The number of carbonyl (C=O) groups is 1. The van der Waals surface area contributed by atoms with Gasteiger partial charge < -0.3 is 10.1 Å². The number of carbonyl (C=O) groups excluding carboxylic acids is 1. The molecule has 0 bridgehead atoms. The van der Waals surface area contributed by atoms with Crippen LogP contribution in [0.2, 0.25) is 0 Å². The minimum atomic E-state index is -0.244. The van der Waals surface area contributed by atoms with E-state index in [4.69, 9.17) is 4.74 Å². The lowest BCUT2D eigenvalue weighted by molar-refractivity contribution is 0.102. The molecule has 3 aromatic rings. The summed E-state index contributed by atoms with van der Waals surface area (Å²) in [6.07, 6.45) is 0. The Morgan fingerprint density at radius 3 is 2.67 bits per heavy atom. The average molecular weight is 386 g/mol. The Hall–Kier alpha value is -2.60. The van der Waals surface area contributed by atoms with Crippen molar-refractivity contribution in [2.45, 2.75) is 6.92 Å². The highest BCUT2D eigenvalue weighted by Crippen LogP contribution is 2.24. The number of H-pyrrole nitrogens is 1. The van der Waals surface area contributed by atoms with Crippen molar-refractivity contribution in [3.63, 3.8) is 0 Å². The number of nitrogens with one attached hydrogen (secondary N) is 2. The second kappa shape index (κ2) is 7.31. The van der Waals surface area contributed by atoms with E-state index >= 15 is 0 Å². The first-order chi connectivity index (χ1) is 11.7. The number of aromatic nitrogens is 2. The van der Waals surface area contributed by atoms with Gasteiger partial charge in [-0.15, -0.1) is 0 Å². The van der Waals surface area contributed by atoms with Gasteiger partial charge in [0.05, 0.1) is 18.0 Å². The molecule has 0 aliphatic heterocycles. The van der Waals surface area contributed by atoms with Gasteiger partial charge in [-0.25, -0.2) is 0 Å². The predicted octanol–water partition coefficient (Wildman–Crippen LogP) is 4.49. The predicted molar refractivity (Wildman–Crippen MR) is 97.3 cm³/mol. The molecule has 122 valence electrons. The molecule has 0 saturated heterocycles. The van der Waals surface area contributed by atoms with Crippen molar-refractivity contribution < 1.29 is 9.53 Å². The van der Waals surface area contributed by atoms with Gasteiger partial charge in [0.1, 0.15) is 11.4 Å². The number of para-hydroxylation sites is 1. The fraction of sp³-hybridized carbons (Fsp3) is 0.111. The summed E-state index contributed by atoms with van der Waals surface area (Å²) >= 11 is 3.41. The maximum atomic E-state index is 12.3. The Labute approximate surface area is 148 Å². The molecule has 0 spiro atoms. The minimum Gasteiger partial charge on any atom is -0.494 e. The Balaban J connectivity index is 1.75. The summed E-state index contributed by atoms with van der Waals surface area (Å²) in [5.41, 5.74) is 2.72. The van der Waals surface area contributed by atoms with Gasteiger partial charge >= 0.3 is 0 Å². The molecule has 5 nitrogen and oxygen atoms in total. The molecule has 0 aliphatic rings. The largest absolute Gasteiger partial charge is 0.494 e. The van der Waals surface area contributed by atoms with Crippen LogP contribution in [-0.2, 0) is 0 Å². The van der Waals surface area contributed by atoms with Gasteiger partial charge in [0.15, 0.2) is 0 Å². The average Bonchev–Trinajstić information content (AvgIpc) is 3.08. The zero-order chi connectivity index (χ0) is 16.9. The SMILES string of the molecule is CCOc1ccc(-c2cc(C(=O)Nc3ccccc3Br)[nH]n2)cc1. The van der Waals surface area contributed by atoms with Crippen molar-refractivity contribution in [1.82, 2.24) is 10.2 Å². The van der Waals surface area contributed by atoms with E-state index in [-0.39, 0.29) is 5.91 Å². The van der Waals surface area contributed by atoms with Crippen molar-refractivity contribution in [1.29, 1.82) is 0 Å². The van der Waals surface area contributed by atoms with Crippen LogP contribution < -0.4 is 10.1 Å². The van der Waals surface area contributed by atoms with Crippen LogP contribution in [0.1, 0.15) is 17.4 Å². The topological polar surface area (TPSA) is 67.0 Å². The Morgan fingerprint density at radius 1 is 1.21 bits per heavy atom. The van der Waals surface area contributed by atoms with Crippen molar-refractivity contribution >= 4 is 27.5 Å². The van der Waals surface area contributed by atoms with Gasteiger partial charge in [0.2, 0.25) is 0 Å². The molecule has 6 heteroatoms. The van der Waals surface area contributed by atoms with E-state index in [1.165, 1.54) is 0 Å². The molecule has 1 aromatic heterocycles. The molecule has 1 heterocycles. The fourth-order valence-electron chi connectivity index (χ4n) is 2.23. The van der Waals surface area contributed by atoms with Gasteiger partial charge in [-0.05, 0) is 65.3 Å². The summed E-state index contributed by atoms with van der Waals surface area (Å²) in [6.45, 7) is 2.57. The van der Waals surface area contributed by atoms with E-state index in [1.807, 2.05) is 55.5 Å². The number of anilines is 1. The molecule has 0 saturated carbocycles. The van der Waals surface area contributed by atoms with E-state index in [2.05, 4.69) is 31.4 Å². The number of hydrogen-bond donors (Lipinski definition) is 2. The lowest BCUT2D eigenvalue weighted by Gasteiger charge is -2.05. The summed E-state index contributed by atoms with van der Waals surface area (Å²) < 4.78 is 6.24. The number of nitrogens with zero attached hydrogens (tertiary/aromatic N) is 1. The van der Waals surface area contributed by atoms with Crippen molar-refractivity contribution in [2.24, 2.45) is 0 Å². The number of halogens is 1. The van der Waals surface area contributed by atoms with Crippen molar-refractivity contribution in [3.8, 4) is 17.0 Å². The molecule has 2 aromatic carbocycles. The van der Waals surface area contributed by atoms with E-state index < -0.39 is 0 Å². The Morgan fingerprint density at radius 2 is 1.96 bits per heavy atom. The van der Waals surface area contributed by atoms with Crippen molar-refractivity contribution in [3.05, 3.63) is 64.8 Å². The van der Waals surface area contributed by atoms with Gasteiger partial charge in [-0.3, -0.25) is 9.89 Å². The number of amides is 1. The molecule has 0 unspecified atom stereocenters. The van der Waals surface area contributed by atoms with Crippen LogP contribution in [0.5, 0.6) is 5.75 Å². The first-order valence-electron chi connectivity index (χ1n) is 7.52. The van der Waals surface area contributed by atoms with Crippen LogP contribution in [-0.4, -0.2) is 22.7 Å². The molecule has 0 aliphatic carbocycles. The molecule has 3 rings (SSSR count). The molecule has 0 atom stereocenters. The molecular weight excluding hydrogens is 370 g/mol. The second-order valence-corrected chi connectivity index (χ2v) is 5.91. The quantitative estimate of drug-likeness (QED) is 0.679. The van der Waals surface area contributed by atoms with Crippen LogP contribution in [0.15, 0.2) is 59.1 Å². The maximum absolute atomic E-state index is 12.3. The van der Waals surface area contributed by atoms with Crippen LogP contribution >= 0.6 is 15.9 Å². The van der Waals surface area contributed by atoms with Gasteiger partial charge in [0.25, 0.3) is 5.91 Å². The highest BCUT2D eigenvalue weighted by molar-refractivity contribution is 9.10. The summed E-state index contributed by atoms with van der Waals surface area (Å²) in [5.74, 6) is 0.565. The minimum absolute atomic E-state index is 0.244. The lowest BCUT2D eigenvalue weighted by Crippen LogP contribution is -2.12. The van der Waals surface area contributed by atoms with Crippen molar-refractivity contribution in [2.75, 3.05) is 11.9 Å². The normalized spacial score (nSPS) is 10.4. The highest BCUT2D eigenvalue weighted by atomic mass is 79.9. The summed E-state index contributed by atoms with van der Waals surface area (Å²) in [6, 6.07) is 16.8. The number of rotatable bonds is 5. The van der Waals surface area contributed by atoms with Crippen LogP contribution in [0.4, 0.5) is 5.69 Å². The lowest BCUT2D eigenvalue weighted by atomic mass is 10.1. The second-order valence-electron chi connectivity index (χ2n) is 5.06. The Kier molecular flexibility index (Phi) is 4.96. The van der Waals surface area contributed by atoms with E-state index in [1.54, 1.807) is 6.07 Å². The van der Waals surface area contributed by atoms with E-state index in [9.17, 15) is 4.79 Å². The smallest absolute Gasteiger partial charge is 0.273 e. The molecule has 0 fully saturated rings. The summed E-state index contributed by atoms with van der Waals surface area (Å²) in [5, 5.41) is 9.82.